The number of pyridine rings is 1. The molecule has 0 aliphatic carbocycles. The summed E-state index contributed by atoms with van der Waals surface area (Å²) < 4.78 is 11.7. The topological polar surface area (TPSA) is 38.5 Å². The van der Waals surface area contributed by atoms with Crippen LogP contribution in [-0.2, 0) is 31.9 Å². The Balaban J connectivity index is 0.00000589. The van der Waals surface area contributed by atoms with Gasteiger partial charge in [0.05, 0.1) is 16.7 Å². The van der Waals surface area contributed by atoms with Crippen LogP contribution in [0.2, 0.25) is 0 Å². The number of hydrogen-bond donors (Lipinski definition) is 0. The van der Waals surface area contributed by atoms with E-state index in [-0.39, 0.29) is 31.9 Å². The molecule has 396 valence electrons. The fourth-order valence-electron chi connectivity index (χ4n) is 12.5. The van der Waals surface area contributed by atoms with E-state index in [4.69, 9.17) is 9.72 Å². The smallest absolute Gasteiger partial charge is 0.135 e. The van der Waals surface area contributed by atoms with Crippen molar-refractivity contribution >= 4 is 66.4 Å². The van der Waals surface area contributed by atoms with Crippen molar-refractivity contribution in [3.05, 3.63) is 255 Å². The van der Waals surface area contributed by atoms with E-state index in [9.17, 15) is 0 Å². The minimum atomic E-state index is -0.103. The number of nitrogens with zero attached hydrogens (tertiary/aromatic N) is 5. The van der Waals surface area contributed by atoms with Crippen molar-refractivity contribution in [2.75, 3.05) is 9.80 Å². The molecule has 0 amide bonds. The molecule has 0 saturated carbocycles. The minimum absolute atomic E-state index is 0. The van der Waals surface area contributed by atoms with Crippen molar-refractivity contribution in [3.63, 3.8) is 0 Å². The summed E-state index contributed by atoms with van der Waals surface area (Å²) in [5, 5.41) is 4.67. The van der Waals surface area contributed by atoms with Crippen molar-refractivity contribution < 1.29 is 25.8 Å². The van der Waals surface area contributed by atoms with Gasteiger partial charge in [0, 0.05) is 94.4 Å². The molecule has 5 heterocycles. The molecule has 15 rings (SSSR count). The van der Waals surface area contributed by atoms with E-state index >= 15 is 0 Å². The molecule has 0 N–H and O–H groups in total. The normalized spacial score (nSPS) is 12.9. The SMILES string of the molecule is CC(C)(C)c1ccc(-c2cccc(-c3ccccc3)c2N2[CH-]N(c3[c-]c(Oc4[c-]c5c(cc4)c4c6c(ccc4n5-c4cc(C(C)(C)C)ccn4)-n4c5ccccc5c5cccc(c54)-c4ccccc4-6)ccc3)c3ccccc32)cc1.[Pt]. The summed E-state index contributed by atoms with van der Waals surface area (Å²) in [5.41, 5.74) is 21.3. The maximum atomic E-state index is 6.94. The molecule has 0 atom stereocenters. The molecule has 0 spiro atoms. The quantitative estimate of drug-likeness (QED) is 0.149. The molecular formula is C74H56N5OPt-3. The van der Waals surface area contributed by atoms with E-state index in [0.29, 0.717) is 11.5 Å². The summed E-state index contributed by atoms with van der Waals surface area (Å²) in [6, 6.07) is 86.3. The van der Waals surface area contributed by atoms with Gasteiger partial charge in [-0.3, -0.25) is 0 Å². The van der Waals surface area contributed by atoms with Crippen molar-refractivity contribution in [2.24, 2.45) is 0 Å². The largest absolute Gasteiger partial charge is 0.509 e. The molecule has 0 saturated heterocycles. The van der Waals surface area contributed by atoms with Gasteiger partial charge in [0.2, 0.25) is 0 Å². The van der Waals surface area contributed by atoms with Gasteiger partial charge in [-0.05, 0) is 92.1 Å². The molecule has 81 heavy (non-hydrogen) atoms. The van der Waals surface area contributed by atoms with Gasteiger partial charge in [0.25, 0.3) is 0 Å². The Morgan fingerprint density at radius 2 is 1.07 bits per heavy atom. The molecule has 0 unspecified atom stereocenters. The van der Waals surface area contributed by atoms with Gasteiger partial charge in [-0.1, -0.05) is 193 Å². The van der Waals surface area contributed by atoms with Crippen LogP contribution in [0.5, 0.6) is 11.5 Å². The Kier molecular flexibility index (Phi) is 11.9. The van der Waals surface area contributed by atoms with Gasteiger partial charge in [0.15, 0.2) is 0 Å². The number of rotatable bonds is 7. The molecule has 0 bridgehead atoms. The van der Waals surface area contributed by atoms with E-state index in [0.717, 1.165) is 78.3 Å². The van der Waals surface area contributed by atoms with Gasteiger partial charge in [-0.25, -0.2) is 4.98 Å². The van der Waals surface area contributed by atoms with Crippen LogP contribution in [0, 0.1) is 18.8 Å². The number of ether oxygens (including phenoxy) is 1. The van der Waals surface area contributed by atoms with E-state index in [1.54, 1.807) is 0 Å². The molecule has 10 aromatic carbocycles. The first kappa shape index (κ1) is 50.3. The summed E-state index contributed by atoms with van der Waals surface area (Å²) >= 11 is 0. The first-order valence-corrected chi connectivity index (χ1v) is 27.6. The molecule has 13 aromatic rings. The molecule has 0 radical (unpaired) electrons. The van der Waals surface area contributed by atoms with Crippen LogP contribution in [0.1, 0.15) is 52.7 Å². The Morgan fingerprint density at radius 1 is 0.444 bits per heavy atom. The second-order valence-corrected chi connectivity index (χ2v) is 23.3. The zero-order chi connectivity index (χ0) is 54.0. The first-order chi connectivity index (χ1) is 39.0. The van der Waals surface area contributed by atoms with Crippen LogP contribution < -0.4 is 14.5 Å². The summed E-state index contributed by atoms with van der Waals surface area (Å²) in [6.45, 7) is 15.7. The Hall–Kier alpha value is -8.96. The van der Waals surface area contributed by atoms with Crippen molar-refractivity contribution in [3.8, 4) is 67.5 Å². The second-order valence-electron chi connectivity index (χ2n) is 23.3. The van der Waals surface area contributed by atoms with E-state index in [2.05, 4.69) is 286 Å². The number of hydrogen-bond acceptors (Lipinski definition) is 4. The third kappa shape index (κ3) is 8.13. The van der Waals surface area contributed by atoms with Crippen LogP contribution in [0.15, 0.2) is 225 Å². The fraction of sp³-hybridized carbons (Fsp3) is 0.108. The Bertz CT molecular complexity index is 4630. The van der Waals surface area contributed by atoms with Crippen molar-refractivity contribution in [1.29, 1.82) is 0 Å². The monoisotopic (exact) mass is 1230 g/mol. The number of para-hydroxylation sites is 5. The fourth-order valence-corrected chi connectivity index (χ4v) is 12.5. The molecule has 7 heteroatoms. The maximum Gasteiger partial charge on any atom is 0.135 e. The van der Waals surface area contributed by atoms with Gasteiger partial charge in [-0.2, -0.15) is 12.1 Å². The zero-order valence-electron chi connectivity index (χ0n) is 45.9. The third-order valence-electron chi connectivity index (χ3n) is 16.3. The molecule has 6 nitrogen and oxygen atoms in total. The van der Waals surface area contributed by atoms with Crippen LogP contribution in [0.4, 0.5) is 22.7 Å². The summed E-state index contributed by atoms with van der Waals surface area (Å²) in [7, 11) is 0. The zero-order valence-corrected chi connectivity index (χ0v) is 48.2. The van der Waals surface area contributed by atoms with Crippen LogP contribution in [0.3, 0.4) is 0 Å². The number of fused-ring (bicyclic) bond motifs is 13. The second kappa shape index (κ2) is 19.1. The average molecular weight is 1230 g/mol. The molecule has 0 fully saturated rings. The first-order valence-electron chi connectivity index (χ1n) is 27.6. The van der Waals surface area contributed by atoms with Gasteiger partial charge < -0.3 is 23.7 Å². The summed E-state index contributed by atoms with van der Waals surface area (Å²) in [4.78, 5) is 9.68. The predicted octanol–water partition coefficient (Wildman–Crippen LogP) is 19.7. The summed E-state index contributed by atoms with van der Waals surface area (Å²) in [5.74, 6) is 1.97. The number of benzene rings is 10. The molecular weight excluding hydrogens is 1170 g/mol. The van der Waals surface area contributed by atoms with Gasteiger partial charge >= 0.3 is 0 Å². The predicted molar refractivity (Wildman–Crippen MR) is 331 cm³/mol. The van der Waals surface area contributed by atoms with Crippen molar-refractivity contribution in [2.45, 2.75) is 52.4 Å². The maximum absolute atomic E-state index is 6.94. The van der Waals surface area contributed by atoms with Gasteiger partial charge in [-0.15, -0.1) is 48.1 Å². The van der Waals surface area contributed by atoms with Crippen LogP contribution in [-0.4, -0.2) is 14.1 Å². The standard InChI is InChI=1S/C74H56N5O.Pt/c1-73(2,3)49-35-33-48(34-36-49)55-27-17-26-54(47-19-8-7-9-20-47)71(55)77-46-76(63-31-14-15-32-64(63)77)51-21-16-22-52(44-51)80-53-37-38-61-67(45-53)78(68-43-50(41-42-75-68)74(4,5)6)65-39-40-66-69(70(61)65)58-25-11-10-23-56(58)59-28-18-29-60-57-24-12-13-30-62(57)79(66)72(59)60;/h7-43,46H,1-6H3;/q-3;. The molecule has 3 aromatic heterocycles. The van der Waals surface area contributed by atoms with Crippen LogP contribution in [0.25, 0.3) is 99.6 Å². The summed E-state index contributed by atoms with van der Waals surface area (Å²) in [6.07, 6.45) is 1.94. The number of anilines is 4. The van der Waals surface area contributed by atoms with Gasteiger partial charge in [0.1, 0.15) is 5.82 Å². The van der Waals surface area contributed by atoms with E-state index in [1.165, 1.54) is 55.2 Å². The minimum Gasteiger partial charge on any atom is -0.509 e. The Morgan fingerprint density at radius 3 is 1.85 bits per heavy atom. The van der Waals surface area contributed by atoms with Crippen LogP contribution >= 0.6 is 0 Å². The number of aromatic nitrogens is 3. The average Bonchev–Trinajstić information content (AvgIpc) is 4.34. The molecule has 2 aliphatic rings. The molecule has 2 aliphatic heterocycles. The van der Waals surface area contributed by atoms with E-state index < -0.39 is 0 Å². The Labute approximate surface area is 487 Å². The van der Waals surface area contributed by atoms with E-state index in [1.807, 2.05) is 18.3 Å². The van der Waals surface area contributed by atoms with Crippen molar-refractivity contribution in [1.82, 2.24) is 14.1 Å². The third-order valence-corrected chi connectivity index (χ3v) is 16.3.